The Hall–Kier alpha value is -5.32. The number of hydrogen-bond donors (Lipinski definition) is 3. The van der Waals surface area contributed by atoms with Gasteiger partial charge in [0.2, 0.25) is 0 Å². The second kappa shape index (κ2) is 79.8. The maximum Gasteiger partial charge on any atom is 0.472 e. The molecule has 0 saturated heterocycles. The van der Waals surface area contributed by atoms with Crippen LogP contribution in [0, 0.1) is 0 Å². The second-order valence-electron chi connectivity index (χ2n) is 27.3. The Morgan fingerprint density at radius 1 is 0.269 bits per heavy atom. The molecule has 0 amide bonds. The molecule has 0 radical (unpaired) electrons. The third-order valence-electron chi connectivity index (χ3n) is 17.0. The van der Waals surface area contributed by atoms with Gasteiger partial charge >= 0.3 is 39.5 Å². The fraction of sp³-hybridized carbons (Fsp3) is 0.663. The molecule has 0 saturated carbocycles. The molecule has 0 spiro atoms. The van der Waals surface area contributed by atoms with E-state index in [4.69, 9.17) is 37.0 Å². The van der Waals surface area contributed by atoms with E-state index in [1.165, 1.54) is 83.5 Å². The Labute approximate surface area is 655 Å². The van der Waals surface area contributed by atoms with Crippen LogP contribution in [-0.2, 0) is 65.4 Å². The number of phosphoric ester groups is 2. The minimum atomic E-state index is -5.00. The van der Waals surface area contributed by atoms with E-state index < -0.39 is 97.5 Å². The van der Waals surface area contributed by atoms with Crippen molar-refractivity contribution in [2.75, 3.05) is 39.6 Å². The lowest BCUT2D eigenvalue weighted by Crippen LogP contribution is -2.30. The van der Waals surface area contributed by atoms with E-state index >= 15 is 0 Å². The van der Waals surface area contributed by atoms with Crippen molar-refractivity contribution in [3.05, 3.63) is 158 Å². The van der Waals surface area contributed by atoms with Crippen LogP contribution in [0.4, 0.5) is 0 Å². The van der Waals surface area contributed by atoms with Crippen molar-refractivity contribution in [3.8, 4) is 0 Å². The zero-order valence-electron chi connectivity index (χ0n) is 67.5. The normalized spacial score (nSPS) is 14.6. The van der Waals surface area contributed by atoms with E-state index in [-0.39, 0.29) is 25.7 Å². The molecule has 0 heterocycles. The van der Waals surface area contributed by atoms with Gasteiger partial charge in [0.25, 0.3) is 0 Å². The first-order valence-corrected chi connectivity index (χ1v) is 44.7. The van der Waals surface area contributed by atoms with Crippen LogP contribution >= 0.6 is 15.6 Å². The molecule has 5 atom stereocenters. The van der Waals surface area contributed by atoms with Crippen molar-refractivity contribution in [1.29, 1.82) is 0 Å². The number of unbranched alkanes of at least 4 members (excludes halogenated alkanes) is 25. The van der Waals surface area contributed by atoms with Crippen LogP contribution in [0.25, 0.3) is 0 Å². The lowest BCUT2D eigenvalue weighted by Gasteiger charge is -2.21. The van der Waals surface area contributed by atoms with Gasteiger partial charge in [0.15, 0.2) is 12.2 Å². The number of rotatable bonds is 77. The summed E-state index contributed by atoms with van der Waals surface area (Å²) in [4.78, 5) is 73.1. The Bertz CT molecular complexity index is 2660. The van der Waals surface area contributed by atoms with Gasteiger partial charge in [-0.1, -0.05) is 314 Å². The topological polar surface area (TPSA) is 237 Å². The Morgan fingerprint density at radius 2 is 0.500 bits per heavy atom. The van der Waals surface area contributed by atoms with E-state index in [0.29, 0.717) is 32.1 Å². The number of aliphatic hydroxyl groups is 1. The number of ether oxygens (including phenoxy) is 4. The van der Waals surface area contributed by atoms with Crippen LogP contribution in [0.3, 0.4) is 0 Å². The van der Waals surface area contributed by atoms with Gasteiger partial charge in [-0.15, -0.1) is 0 Å². The average Bonchev–Trinajstić information content (AvgIpc) is 0.923. The van der Waals surface area contributed by atoms with E-state index in [2.05, 4.69) is 167 Å². The molecule has 616 valence electrons. The predicted octanol–water partition coefficient (Wildman–Crippen LogP) is 24.8. The van der Waals surface area contributed by atoms with Gasteiger partial charge in [-0.05, 0) is 141 Å². The monoisotopic (exact) mass is 1550 g/mol. The van der Waals surface area contributed by atoms with Crippen LogP contribution in [0.15, 0.2) is 158 Å². The van der Waals surface area contributed by atoms with E-state index in [0.717, 1.165) is 154 Å². The van der Waals surface area contributed by atoms with Gasteiger partial charge in [-0.3, -0.25) is 37.3 Å². The van der Waals surface area contributed by atoms with E-state index in [1.807, 2.05) is 18.2 Å². The standard InChI is InChI=1S/C89H148O17P2/c1-5-9-13-17-21-25-29-33-37-39-41-43-47-49-53-57-61-65-69-73-86(91)99-79-84(105-88(93)75-71-67-63-59-55-51-45-35-31-27-23-19-15-11-7-3)81-103-107(95,96)101-77-83(90)78-102-108(97,98)104-82-85(106-89(94)76-72-68-64-60-56-52-46-36-32-28-24-20-16-12-8-4)80-100-87(92)74-70-66-62-58-54-50-48-44-42-40-38-34-30-26-22-18-14-10-6-2/h9-10,13-14,21-23,25-27,33-35,37-38,41-45,49-50,53-54,62,66,83-85,90H,5-8,11-12,15-20,24,28-32,36,39-40,46-48,51-52,55-61,63-65,67-82H2,1-4H3,(H,95,96)(H,97,98)/b13-9-,14-10-,25-21-,26-22-,27-23-,37-33-,38-34-,43-41-,44-42-,45-35-,53-49-,54-50-,66-62-. The summed E-state index contributed by atoms with van der Waals surface area (Å²) in [5.41, 5.74) is 0. The summed E-state index contributed by atoms with van der Waals surface area (Å²) in [5.74, 6) is -2.32. The van der Waals surface area contributed by atoms with E-state index in [1.54, 1.807) is 0 Å². The number of esters is 4. The van der Waals surface area contributed by atoms with Crippen molar-refractivity contribution in [2.24, 2.45) is 0 Å². The Kier molecular flexibility index (Phi) is 75.8. The van der Waals surface area contributed by atoms with Crippen molar-refractivity contribution in [1.82, 2.24) is 0 Å². The SMILES string of the molecule is CC/C=C\C/C=C\C/C=C\C/C=C\C/C=C\C/C=C\CCC(=O)OCC(COP(=O)(O)OCC(O)COP(=O)(O)OCC(COC(=O)CCCCC/C=C\C/C=C\C/C=C\C/C=C\C/C=C\CC)OC(=O)CCCCCCC/C=C\C/C=C\CCCCC)OC(=O)CCCCCCCCCCCCCCCCC. The maximum atomic E-state index is 13.1. The number of allylic oxidation sites excluding steroid dienone is 26. The van der Waals surface area contributed by atoms with Gasteiger partial charge in [0, 0.05) is 25.7 Å². The van der Waals surface area contributed by atoms with Crippen molar-refractivity contribution in [2.45, 2.75) is 341 Å². The summed E-state index contributed by atoms with van der Waals surface area (Å²) in [7, 11) is -10.0. The van der Waals surface area contributed by atoms with Crippen LogP contribution in [0.2, 0.25) is 0 Å². The molecular weight excluding hydrogens is 1400 g/mol. The fourth-order valence-corrected chi connectivity index (χ4v) is 12.3. The molecular formula is C89H148O17P2. The molecule has 0 fully saturated rings. The molecule has 0 bridgehead atoms. The summed E-state index contributed by atoms with van der Waals surface area (Å²) < 4.78 is 68.6. The predicted molar refractivity (Wildman–Crippen MR) is 445 cm³/mol. The summed E-state index contributed by atoms with van der Waals surface area (Å²) in [6.07, 6.45) is 93.7. The Morgan fingerprint density at radius 3 is 0.824 bits per heavy atom. The third kappa shape index (κ3) is 78.8. The first-order chi connectivity index (χ1) is 52.7. The summed E-state index contributed by atoms with van der Waals surface area (Å²) >= 11 is 0. The van der Waals surface area contributed by atoms with Crippen LogP contribution in [0.5, 0.6) is 0 Å². The van der Waals surface area contributed by atoms with Gasteiger partial charge < -0.3 is 33.8 Å². The molecule has 19 heteroatoms. The van der Waals surface area contributed by atoms with Crippen molar-refractivity contribution in [3.63, 3.8) is 0 Å². The number of carbonyl (C=O) groups excluding carboxylic acids is 4. The number of hydrogen-bond acceptors (Lipinski definition) is 15. The first-order valence-electron chi connectivity index (χ1n) is 41.7. The molecule has 0 aliphatic rings. The molecule has 0 aliphatic carbocycles. The highest BCUT2D eigenvalue weighted by atomic mass is 31.2. The number of carbonyl (C=O) groups is 4. The number of aliphatic hydroxyl groups excluding tert-OH is 1. The molecule has 0 aromatic rings. The van der Waals surface area contributed by atoms with Crippen LogP contribution < -0.4 is 0 Å². The molecule has 5 unspecified atom stereocenters. The van der Waals surface area contributed by atoms with Crippen molar-refractivity contribution < 1.29 is 80.2 Å². The quantitative estimate of drug-likeness (QED) is 0.0169. The highest BCUT2D eigenvalue weighted by Gasteiger charge is 2.30. The summed E-state index contributed by atoms with van der Waals surface area (Å²) in [6.45, 7) is 4.51. The Balaban J connectivity index is 5.47. The van der Waals surface area contributed by atoms with Gasteiger partial charge in [-0.2, -0.15) is 0 Å². The molecule has 17 nitrogen and oxygen atoms in total. The summed E-state index contributed by atoms with van der Waals surface area (Å²) in [6, 6.07) is 0. The third-order valence-corrected chi connectivity index (χ3v) is 18.9. The zero-order valence-corrected chi connectivity index (χ0v) is 69.3. The number of phosphoric acid groups is 2. The molecule has 0 aromatic carbocycles. The fourth-order valence-electron chi connectivity index (χ4n) is 10.7. The van der Waals surface area contributed by atoms with Gasteiger partial charge in [-0.25, -0.2) is 9.13 Å². The zero-order chi connectivity index (χ0) is 78.9. The molecule has 0 rings (SSSR count). The molecule has 108 heavy (non-hydrogen) atoms. The second-order valence-corrected chi connectivity index (χ2v) is 30.2. The molecule has 0 aliphatic heterocycles. The lowest BCUT2D eigenvalue weighted by atomic mass is 10.0. The average molecular weight is 1550 g/mol. The van der Waals surface area contributed by atoms with Gasteiger partial charge in [0.05, 0.1) is 26.4 Å². The lowest BCUT2D eigenvalue weighted by molar-refractivity contribution is -0.161. The van der Waals surface area contributed by atoms with Crippen molar-refractivity contribution >= 4 is 39.5 Å². The molecule has 0 aromatic heterocycles. The maximum absolute atomic E-state index is 13.1. The largest absolute Gasteiger partial charge is 0.472 e. The van der Waals surface area contributed by atoms with Gasteiger partial charge in [0.1, 0.15) is 19.3 Å². The minimum Gasteiger partial charge on any atom is -0.462 e. The van der Waals surface area contributed by atoms with Crippen LogP contribution in [0.1, 0.15) is 323 Å². The van der Waals surface area contributed by atoms with E-state index in [9.17, 15) is 43.2 Å². The summed E-state index contributed by atoms with van der Waals surface area (Å²) in [5, 5.41) is 10.7. The highest BCUT2D eigenvalue weighted by molar-refractivity contribution is 7.47. The van der Waals surface area contributed by atoms with Crippen LogP contribution in [-0.4, -0.2) is 96.7 Å². The highest BCUT2D eigenvalue weighted by Crippen LogP contribution is 2.45. The first kappa shape index (κ1) is 103. The smallest absolute Gasteiger partial charge is 0.462 e. The minimum absolute atomic E-state index is 0.0332. The molecule has 3 N–H and O–H groups in total.